The summed E-state index contributed by atoms with van der Waals surface area (Å²) >= 11 is 6.28. The Morgan fingerprint density at radius 1 is 1.17 bits per heavy atom. The third-order valence-electron chi connectivity index (χ3n) is 5.10. The first-order valence-corrected chi connectivity index (χ1v) is 9.85. The van der Waals surface area contributed by atoms with Crippen molar-refractivity contribution in [3.8, 4) is 11.5 Å². The van der Waals surface area contributed by atoms with Crippen LogP contribution >= 0.6 is 11.6 Å². The van der Waals surface area contributed by atoms with Crippen LogP contribution in [0, 0.1) is 11.7 Å². The predicted molar refractivity (Wildman–Crippen MR) is 111 cm³/mol. The molecular weight excluding hydrogens is 411 g/mol. The molecule has 158 valence electrons. The van der Waals surface area contributed by atoms with Gasteiger partial charge in [0, 0.05) is 22.6 Å². The molecule has 5 nitrogen and oxygen atoms in total. The van der Waals surface area contributed by atoms with E-state index in [1.807, 2.05) is 0 Å². The molecule has 0 bridgehead atoms. The van der Waals surface area contributed by atoms with Gasteiger partial charge in [-0.1, -0.05) is 17.7 Å². The van der Waals surface area contributed by atoms with Gasteiger partial charge in [0.15, 0.2) is 5.78 Å². The largest absolute Gasteiger partial charge is 0.497 e. The molecule has 3 rings (SSSR count). The van der Waals surface area contributed by atoms with Gasteiger partial charge in [0.25, 0.3) is 0 Å². The highest BCUT2D eigenvalue weighted by molar-refractivity contribution is 6.31. The Balaban J connectivity index is 2.12. The Morgan fingerprint density at radius 2 is 1.83 bits per heavy atom. The van der Waals surface area contributed by atoms with Crippen LogP contribution in [0.4, 0.5) is 4.39 Å². The van der Waals surface area contributed by atoms with E-state index in [0.717, 1.165) is 0 Å². The molecule has 0 saturated carbocycles. The van der Waals surface area contributed by atoms with Gasteiger partial charge in [-0.25, -0.2) is 4.39 Å². The van der Waals surface area contributed by atoms with Crippen LogP contribution in [0.5, 0.6) is 11.5 Å². The number of methoxy groups -OCH3 is 2. The fourth-order valence-electron chi connectivity index (χ4n) is 3.71. The maximum atomic E-state index is 14.7. The fraction of sp³-hybridized carbons (Fsp3) is 0.304. The van der Waals surface area contributed by atoms with Crippen LogP contribution < -0.4 is 9.47 Å². The van der Waals surface area contributed by atoms with Crippen LogP contribution in [-0.2, 0) is 14.3 Å². The molecule has 1 aliphatic rings. The normalized spacial score (nSPS) is 18.6. The van der Waals surface area contributed by atoms with Crippen molar-refractivity contribution >= 4 is 28.9 Å². The highest BCUT2D eigenvalue weighted by Gasteiger charge is 2.41. The van der Waals surface area contributed by atoms with E-state index in [-0.39, 0.29) is 23.6 Å². The number of hydrogen-bond donors (Lipinski definition) is 0. The molecule has 0 amide bonds. The van der Waals surface area contributed by atoms with Gasteiger partial charge in [-0.05, 0) is 54.8 Å². The van der Waals surface area contributed by atoms with E-state index in [1.165, 1.54) is 32.4 Å². The minimum atomic E-state index is -1.17. The molecule has 0 unspecified atom stereocenters. The standard InChI is InChI=1S/C23H22ClFO5/c1-4-30-23(27)22-17(21-18(24)6-5-7-19(21)25)10-14(11-20(22)26)13-8-15(28-2)12-16(9-13)29-3/h5-9,11-12,17,22H,4,10H2,1-3H3/t17-,22+/m0/s1. The Labute approximate surface area is 179 Å². The lowest BCUT2D eigenvalue weighted by Crippen LogP contribution is -2.34. The molecule has 7 heteroatoms. The van der Waals surface area contributed by atoms with Gasteiger partial charge in [0.1, 0.15) is 23.2 Å². The van der Waals surface area contributed by atoms with Gasteiger partial charge < -0.3 is 14.2 Å². The van der Waals surface area contributed by atoms with E-state index in [0.29, 0.717) is 22.6 Å². The smallest absolute Gasteiger partial charge is 0.317 e. The number of ketones is 1. The van der Waals surface area contributed by atoms with Gasteiger partial charge in [0.05, 0.1) is 20.8 Å². The Kier molecular flexibility index (Phi) is 6.77. The summed E-state index contributed by atoms with van der Waals surface area (Å²) in [6.45, 7) is 1.77. The molecule has 0 saturated heterocycles. The molecule has 0 heterocycles. The topological polar surface area (TPSA) is 61.8 Å². The monoisotopic (exact) mass is 432 g/mol. The molecule has 0 spiro atoms. The zero-order chi connectivity index (χ0) is 21.8. The van der Waals surface area contributed by atoms with Crippen molar-refractivity contribution in [2.24, 2.45) is 5.92 Å². The van der Waals surface area contributed by atoms with Crippen molar-refractivity contribution in [2.45, 2.75) is 19.3 Å². The maximum Gasteiger partial charge on any atom is 0.317 e. The third-order valence-corrected chi connectivity index (χ3v) is 5.43. The van der Waals surface area contributed by atoms with Crippen LogP contribution in [0.25, 0.3) is 5.57 Å². The van der Waals surface area contributed by atoms with E-state index in [2.05, 4.69) is 0 Å². The lowest BCUT2D eigenvalue weighted by molar-refractivity contribution is -0.151. The SMILES string of the molecule is CCOC(=O)[C@H]1C(=O)C=C(c2cc(OC)cc(OC)c2)C[C@H]1c1c(F)cccc1Cl. The molecular formula is C23H22ClFO5. The summed E-state index contributed by atoms with van der Waals surface area (Å²) in [7, 11) is 3.05. The summed E-state index contributed by atoms with van der Waals surface area (Å²) < 4.78 is 30.5. The third kappa shape index (κ3) is 4.33. The summed E-state index contributed by atoms with van der Waals surface area (Å²) in [5.41, 5.74) is 1.44. The van der Waals surface area contributed by atoms with Gasteiger partial charge in [-0.2, -0.15) is 0 Å². The Morgan fingerprint density at radius 3 is 2.40 bits per heavy atom. The van der Waals surface area contributed by atoms with E-state index < -0.39 is 29.4 Å². The molecule has 1 aliphatic carbocycles. The van der Waals surface area contributed by atoms with Crippen LogP contribution in [0.15, 0.2) is 42.5 Å². The fourth-order valence-corrected chi connectivity index (χ4v) is 4.02. The van der Waals surface area contributed by atoms with Gasteiger partial charge in [0.2, 0.25) is 0 Å². The number of halogens is 2. The van der Waals surface area contributed by atoms with E-state index in [1.54, 1.807) is 31.2 Å². The number of rotatable bonds is 6. The number of benzene rings is 2. The molecule has 2 atom stereocenters. The summed E-state index contributed by atoms with van der Waals surface area (Å²) in [5, 5.41) is 0.159. The first kappa shape index (κ1) is 21.8. The summed E-state index contributed by atoms with van der Waals surface area (Å²) in [4.78, 5) is 25.6. The van der Waals surface area contributed by atoms with Gasteiger partial charge in [-0.15, -0.1) is 0 Å². The van der Waals surface area contributed by atoms with Crippen molar-refractivity contribution in [3.63, 3.8) is 0 Å². The van der Waals surface area contributed by atoms with Crippen molar-refractivity contribution in [1.82, 2.24) is 0 Å². The highest BCUT2D eigenvalue weighted by Crippen LogP contribution is 2.44. The summed E-state index contributed by atoms with van der Waals surface area (Å²) in [6, 6.07) is 9.51. The zero-order valence-corrected chi connectivity index (χ0v) is 17.7. The van der Waals surface area contributed by atoms with E-state index in [9.17, 15) is 14.0 Å². The van der Waals surface area contributed by atoms with Crippen molar-refractivity contribution in [1.29, 1.82) is 0 Å². The van der Waals surface area contributed by atoms with Crippen LogP contribution in [0.1, 0.15) is 30.4 Å². The minimum Gasteiger partial charge on any atom is -0.497 e. The van der Waals surface area contributed by atoms with Crippen molar-refractivity contribution in [3.05, 3.63) is 64.4 Å². The summed E-state index contributed by atoms with van der Waals surface area (Å²) in [5.74, 6) is -2.60. The number of carbonyl (C=O) groups excluding carboxylic acids is 2. The predicted octanol–water partition coefficient (Wildman–Crippen LogP) is 4.82. The molecule has 2 aromatic rings. The first-order chi connectivity index (χ1) is 14.4. The van der Waals surface area contributed by atoms with Crippen LogP contribution in [0.3, 0.4) is 0 Å². The lowest BCUT2D eigenvalue weighted by Gasteiger charge is -2.30. The minimum absolute atomic E-state index is 0.115. The number of allylic oxidation sites excluding steroid dienone is 2. The zero-order valence-electron chi connectivity index (χ0n) is 16.9. The summed E-state index contributed by atoms with van der Waals surface area (Å²) in [6.07, 6.45) is 1.62. The van der Waals surface area contributed by atoms with E-state index in [4.69, 9.17) is 25.8 Å². The second kappa shape index (κ2) is 9.30. The van der Waals surface area contributed by atoms with E-state index >= 15 is 0 Å². The molecule has 0 radical (unpaired) electrons. The number of carbonyl (C=O) groups is 2. The maximum absolute atomic E-state index is 14.7. The number of ether oxygens (including phenoxy) is 3. The average molecular weight is 433 g/mol. The number of esters is 1. The average Bonchev–Trinajstić information content (AvgIpc) is 2.73. The second-order valence-electron chi connectivity index (χ2n) is 6.85. The molecule has 30 heavy (non-hydrogen) atoms. The molecule has 0 N–H and O–H groups in total. The lowest BCUT2D eigenvalue weighted by atomic mass is 9.73. The highest BCUT2D eigenvalue weighted by atomic mass is 35.5. The Bertz CT molecular complexity index is 959. The second-order valence-corrected chi connectivity index (χ2v) is 7.26. The molecule has 0 aliphatic heterocycles. The van der Waals surface area contributed by atoms with Crippen LogP contribution in [0.2, 0.25) is 5.02 Å². The van der Waals surface area contributed by atoms with Gasteiger partial charge >= 0.3 is 5.97 Å². The molecule has 0 fully saturated rings. The molecule has 0 aromatic heterocycles. The molecule has 2 aromatic carbocycles. The number of hydrogen-bond acceptors (Lipinski definition) is 5. The quantitative estimate of drug-likeness (QED) is 0.484. The van der Waals surface area contributed by atoms with Gasteiger partial charge in [-0.3, -0.25) is 9.59 Å². The first-order valence-electron chi connectivity index (χ1n) is 9.48. The van der Waals surface area contributed by atoms with Crippen molar-refractivity contribution in [2.75, 3.05) is 20.8 Å². The van der Waals surface area contributed by atoms with Crippen LogP contribution in [-0.4, -0.2) is 32.6 Å². The van der Waals surface area contributed by atoms with Crippen molar-refractivity contribution < 1.29 is 28.2 Å². The Hall–Kier alpha value is -2.86.